The van der Waals surface area contributed by atoms with Crippen LogP contribution in [0.4, 0.5) is 0 Å². The van der Waals surface area contributed by atoms with Gasteiger partial charge in [-0.3, -0.25) is 14.4 Å². The first-order valence-electron chi connectivity index (χ1n) is 7.27. The Balaban J connectivity index is 2.00. The molecule has 2 heterocycles. The third kappa shape index (κ3) is 3.22. The Morgan fingerprint density at radius 2 is 1.95 bits per heavy atom. The molecule has 0 aliphatic carbocycles. The summed E-state index contributed by atoms with van der Waals surface area (Å²) in [6.45, 7) is 2.41. The van der Waals surface area contributed by atoms with Gasteiger partial charge in [0.15, 0.2) is 0 Å². The first-order chi connectivity index (χ1) is 10.4. The van der Waals surface area contributed by atoms with Crippen molar-refractivity contribution in [3.63, 3.8) is 0 Å². The lowest BCUT2D eigenvalue weighted by molar-refractivity contribution is -0.159. The van der Waals surface area contributed by atoms with Crippen LogP contribution in [-0.4, -0.2) is 77.2 Å². The Morgan fingerprint density at radius 3 is 2.45 bits per heavy atom. The summed E-state index contributed by atoms with van der Waals surface area (Å²) in [4.78, 5) is 38.9. The SMILES string of the molecule is COCC1(C(=O)O)CCN(C(=O)C2CSCN2C(C)=O)CC1. The Labute approximate surface area is 134 Å². The molecule has 2 aliphatic rings. The topological polar surface area (TPSA) is 87.2 Å². The first-order valence-corrected chi connectivity index (χ1v) is 8.43. The number of rotatable bonds is 4. The number of carboxylic acids is 1. The fourth-order valence-electron chi connectivity index (χ4n) is 3.02. The van der Waals surface area contributed by atoms with Crippen molar-refractivity contribution < 1.29 is 24.2 Å². The molecule has 2 aliphatic heterocycles. The van der Waals surface area contributed by atoms with Crippen LogP contribution in [0.5, 0.6) is 0 Å². The number of ether oxygens (including phenoxy) is 1. The molecule has 7 nitrogen and oxygen atoms in total. The van der Waals surface area contributed by atoms with E-state index in [-0.39, 0.29) is 18.4 Å². The number of hydrogen-bond donors (Lipinski definition) is 1. The number of nitrogens with zero attached hydrogens (tertiary/aromatic N) is 2. The molecule has 124 valence electrons. The second-order valence-corrected chi connectivity index (χ2v) is 6.85. The molecule has 0 aromatic carbocycles. The van der Waals surface area contributed by atoms with Crippen molar-refractivity contribution in [1.82, 2.24) is 9.80 Å². The second kappa shape index (κ2) is 6.87. The second-order valence-electron chi connectivity index (χ2n) is 5.85. The van der Waals surface area contributed by atoms with Crippen LogP contribution in [0.25, 0.3) is 0 Å². The summed E-state index contributed by atoms with van der Waals surface area (Å²) in [7, 11) is 1.49. The number of methoxy groups -OCH3 is 1. The Hall–Kier alpha value is -1.28. The molecule has 2 amide bonds. The molecule has 22 heavy (non-hydrogen) atoms. The zero-order chi connectivity index (χ0) is 16.3. The highest BCUT2D eigenvalue weighted by Crippen LogP contribution is 2.33. The van der Waals surface area contributed by atoms with Gasteiger partial charge in [0, 0.05) is 32.9 Å². The summed E-state index contributed by atoms with van der Waals surface area (Å²) in [5, 5.41) is 9.43. The molecule has 2 saturated heterocycles. The van der Waals surface area contributed by atoms with Crippen molar-refractivity contribution >= 4 is 29.5 Å². The molecule has 2 rings (SSSR count). The first kappa shape index (κ1) is 17.1. The standard InChI is InChI=1S/C14H22N2O5S/c1-10(17)16-9-22-7-11(16)12(18)15-5-3-14(4-6-15,8-21-2)13(19)20/h11H,3-9H2,1-2H3,(H,19,20). The minimum atomic E-state index is -0.907. The van der Waals surface area contributed by atoms with Gasteiger partial charge in [-0.1, -0.05) is 0 Å². The van der Waals surface area contributed by atoms with Crippen LogP contribution in [0, 0.1) is 5.41 Å². The molecule has 8 heteroatoms. The van der Waals surface area contributed by atoms with Gasteiger partial charge in [-0.2, -0.15) is 0 Å². The van der Waals surface area contributed by atoms with Crippen molar-refractivity contribution in [1.29, 1.82) is 0 Å². The van der Waals surface area contributed by atoms with E-state index in [4.69, 9.17) is 4.74 Å². The minimum absolute atomic E-state index is 0.0726. The summed E-state index contributed by atoms with van der Waals surface area (Å²) >= 11 is 1.57. The molecule has 1 atom stereocenters. The lowest BCUT2D eigenvalue weighted by Crippen LogP contribution is -2.54. The van der Waals surface area contributed by atoms with E-state index in [9.17, 15) is 19.5 Å². The van der Waals surface area contributed by atoms with E-state index < -0.39 is 17.4 Å². The van der Waals surface area contributed by atoms with E-state index in [0.717, 1.165) is 0 Å². The summed E-state index contributed by atoms with van der Waals surface area (Å²) in [5.74, 6) is 0.110. The van der Waals surface area contributed by atoms with Crippen LogP contribution >= 0.6 is 11.8 Å². The van der Waals surface area contributed by atoms with Gasteiger partial charge in [0.25, 0.3) is 0 Å². The van der Waals surface area contributed by atoms with E-state index in [1.54, 1.807) is 21.6 Å². The minimum Gasteiger partial charge on any atom is -0.481 e. The van der Waals surface area contributed by atoms with Crippen molar-refractivity contribution in [3.05, 3.63) is 0 Å². The Morgan fingerprint density at radius 1 is 1.32 bits per heavy atom. The Bertz CT molecular complexity index is 462. The number of hydrogen-bond acceptors (Lipinski definition) is 5. The number of thioether (sulfide) groups is 1. The molecule has 0 saturated carbocycles. The average molecular weight is 330 g/mol. The van der Waals surface area contributed by atoms with Gasteiger partial charge in [0.05, 0.1) is 17.9 Å². The van der Waals surface area contributed by atoms with Gasteiger partial charge in [-0.15, -0.1) is 11.8 Å². The number of carboxylic acid groups (broad SMARTS) is 1. The van der Waals surface area contributed by atoms with Crippen LogP contribution in [0.3, 0.4) is 0 Å². The average Bonchev–Trinajstić information content (AvgIpc) is 2.97. The lowest BCUT2D eigenvalue weighted by Gasteiger charge is -2.39. The van der Waals surface area contributed by atoms with Gasteiger partial charge in [0.2, 0.25) is 11.8 Å². The molecule has 1 N–H and O–H groups in total. The van der Waals surface area contributed by atoms with Gasteiger partial charge in [0.1, 0.15) is 6.04 Å². The van der Waals surface area contributed by atoms with Gasteiger partial charge < -0.3 is 19.6 Å². The predicted octanol–water partition coefficient (Wildman–Crippen LogP) is 0.248. The lowest BCUT2D eigenvalue weighted by atomic mass is 9.79. The molecule has 0 radical (unpaired) electrons. The van der Waals surface area contributed by atoms with E-state index in [2.05, 4.69) is 0 Å². The number of aliphatic carboxylic acids is 1. The quantitative estimate of drug-likeness (QED) is 0.795. The molecular formula is C14H22N2O5S. The van der Waals surface area contributed by atoms with E-state index >= 15 is 0 Å². The third-order valence-electron chi connectivity index (χ3n) is 4.48. The monoisotopic (exact) mass is 330 g/mol. The zero-order valence-electron chi connectivity index (χ0n) is 12.9. The molecule has 0 aromatic rings. The van der Waals surface area contributed by atoms with Crippen molar-refractivity contribution in [2.24, 2.45) is 5.41 Å². The number of likely N-dealkylation sites (tertiary alicyclic amines) is 1. The van der Waals surface area contributed by atoms with Crippen molar-refractivity contribution in [2.75, 3.05) is 38.4 Å². The van der Waals surface area contributed by atoms with Gasteiger partial charge >= 0.3 is 5.97 Å². The molecular weight excluding hydrogens is 308 g/mol. The zero-order valence-corrected chi connectivity index (χ0v) is 13.7. The highest BCUT2D eigenvalue weighted by atomic mass is 32.2. The molecule has 0 bridgehead atoms. The molecule has 1 unspecified atom stereocenters. The van der Waals surface area contributed by atoms with E-state index in [0.29, 0.717) is 37.6 Å². The maximum Gasteiger partial charge on any atom is 0.312 e. The molecule has 0 aromatic heterocycles. The summed E-state index contributed by atoms with van der Waals surface area (Å²) in [6.07, 6.45) is 0.754. The van der Waals surface area contributed by atoms with E-state index in [1.807, 2.05) is 0 Å². The van der Waals surface area contributed by atoms with Crippen molar-refractivity contribution in [3.8, 4) is 0 Å². The maximum absolute atomic E-state index is 12.6. The fourth-order valence-corrected chi connectivity index (χ4v) is 4.23. The summed E-state index contributed by atoms with van der Waals surface area (Å²) in [5.41, 5.74) is -0.907. The van der Waals surface area contributed by atoms with Gasteiger partial charge in [-0.05, 0) is 12.8 Å². The van der Waals surface area contributed by atoms with Crippen LogP contribution in [0.1, 0.15) is 19.8 Å². The largest absolute Gasteiger partial charge is 0.481 e. The maximum atomic E-state index is 12.6. The number of carbonyl (C=O) groups excluding carboxylic acids is 2. The highest BCUT2D eigenvalue weighted by molar-refractivity contribution is 7.99. The van der Waals surface area contributed by atoms with Crippen LogP contribution in [-0.2, 0) is 19.1 Å². The number of piperidine rings is 1. The third-order valence-corrected chi connectivity index (χ3v) is 5.49. The van der Waals surface area contributed by atoms with Gasteiger partial charge in [-0.25, -0.2) is 0 Å². The summed E-state index contributed by atoms with van der Waals surface area (Å²) < 4.78 is 5.05. The number of carbonyl (C=O) groups is 3. The van der Waals surface area contributed by atoms with E-state index in [1.165, 1.54) is 14.0 Å². The van der Waals surface area contributed by atoms with Crippen LogP contribution < -0.4 is 0 Å². The number of amides is 2. The smallest absolute Gasteiger partial charge is 0.312 e. The fraction of sp³-hybridized carbons (Fsp3) is 0.786. The molecule has 0 spiro atoms. The van der Waals surface area contributed by atoms with Crippen LogP contribution in [0.2, 0.25) is 0 Å². The summed E-state index contributed by atoms with van der Waals surface area (Å²) in [6, 6.07) is -0.415. The Kier molecular flexibility index (Phi) is 5.33. The highest BCUT2D eigenvalue weighted by Gasteiger charge is 2.44. The van der Waals surface area contributed by atoms with Crippen molar-refractivity contribution in [2.45, 2.75) is 25.8 Å². The van der Waals surface area contributed by atoms with Crippen LogP contribution in [0.15, 0.2) is 0 Å². The molecule has 2 fully saturated rings. The normalized spacial score (nSPS) is 24.4. The predicted molar refractivity (Wildman–Crippen MR) is 81.4 cm³/mol.